The molecule has 19 heavy (non-hydrogen) atoms. The highest BCUT2D eigenvalue weighted by Gasteiger charge is 1.85. The van der Waals surface area contributed by atoms with Gasteiger partial charge >= 0.3 is 5.97 Å². The van der Waals surface area contributed by atoms with E-state index in [1.54, 1.807) is 0 Å². The first-order chi connectivity index (χ1) is 9.22. The molecule has 0 bridgehead atoms. The number of carboxylic acid groups (broad SMARTS) is 1. The molecule has 0 saturated carbocycles. The van der Waals surface area contributed by atoms with Gasteiger partial charge in [-0.15, -0.1) is 0 Å². The molecule has 0 amide bonds. The molecule has 0 fully saturated rings. The summed E-state index contributed by atoms with van der Waals surface area (Å²) >= 11 is 0. The molecule has 0 aliphatic carbocycles. The Labute approximate surface area is 112 Å². The summed E-state index contributed by atoms with van der Waals surface area (Å²) in [4.78, 5) is 13.6. The highest BCUT2D eigenvalue weighted by atomic mass is 16.4. The minimum atomic E-state index is -0.968. The topological polar surface area (TPSA) is 75.7 Å². The lowest BCUT2D eigenvalue weighted by Gasteiger charge is -1.92. The second-order valence-corrected chi connectivity index (χ2v) is 3.60. The van der Waals surface area contributed by atoms with Crippen molar-refractivity contribution in [2.75, 3.05) is 6.54 Å². The molecule has 3 N–H and O–H groups in total. The molecule has 2 rings (SSSR count). The zero-order chi connectivity index (χ0) is 13.9. The Morgan fingerprint density at radius 3 is 2.00 bits per heavy atom. The molecule has 0 saturated heterocycles. The van der Waals surface area contributed by atoms with Crippen LogP contribution in [0.1, 0.15) is 5.56 Å². The van der Waals surface area contributed by atoms with Crippen LogP contribution in [0.2, 0.25) is 0 Å². The maximum atomic E-state index is 9.24. The average Bonchev–Trinajstić information content (AvgIpc) is 2.48. The van der Waals surface area contributed by atoms with Gasteiger partial charge in [0.15, 0.2) is 0 Å². The number of aliphatic carboxylic acids is 1. The van der Waals surface area contributed by atoms with Gasteiger partial charge in [0.2, 0.25) is 0 Å². The fraction of sp³-hybridized carbons (Fsp3) is 0.0667. The summed E-state index contributed by atoms with van der Waals surface area (Å²) in [6, 6.07) is 20.0. The van der Waals surface area contributed by atoms with Crippen molar-refractivity contribution in [3.63, 3.8) is 0 Å². The number of para-hydroxylation sites is 1. The summed E-state index contributed by atoms with van der Waals surface area (Å²) in [5.41, 5.74) is 6.68. The maximum absolute atomic E-state index is 9.24. The van der Waals surface area contributed by atoms with Crippen LogP contribution in [0.5, 0.6) is 0 Å². The lowest BCUT2D eigenvalue weighted by atomic mass is 10.2. The Kier molecular flexibility index (Phi) is 6.61. The van der Waals surface area contributed by atoms with E-state index in [4.69, 9.17) is 5.11 Å². The number of nitrogens with zero attached hydrogens (tertiary/aromatic N) is 1. The highest BCUT2D eigenvalue weighted by molar-refractivity contribution is 5.81. The summed E-state index contributed by atoms with van der Waals surface area (Å²) in [6.07, 6.45) is 1.87. The Morgan fingerprint density at radius 2 is 1.53 bits per heavy atom. The lowest BCUT2D eigenvalue weighted by Crippen LogP contribution is -2.10. The van der Waals surface area contributed by atoms with Crippen LogP contribution in [0.15, 0.2) is 65.7 Å². The first kappa shape index (κ1) is 14.6. The summed E-state index contributed by atoms with van der Waals surface area (Å²) in [5.74, 6) is -0.968. The number of benzene rings is 2. The predicted octanol–water partition coefficient (Wildman–Crippen LogP) is 2.47. The van der Waals surface area contributed by atoms with E-state index in [-0.39, 0.29) is 6.54 Å². The van der Waals surface area contributed by atoms with E-state index >= 15 is 0 Å². The molecule has 0 aromatic heterocycles. The number of nitrogens with two attached hydrogens (primary N) is 1. The molecule has 0 radical (unpaired) electrons. The third-order valence-corrected chi connectivity index (χ3v) is 2.09. The normalized spacial score (nSPS) is 9.74. The van der Waals surface area contributed by atoms with Gasteiger partial charge in [-0.1, -0.05) is 48.5 Å². The van der Waals surface area contributed by atoms with Crippen LogP contribution >= 0.6 is 0 Å². The molecule has 0 unspecified atom stereocenters. The molecule has 0 heterocycles. The van der Waals surface area contributed by atoms with Crippen molar-refractivity contribution in [2.45, 2.75) is 0 Å². The second kappa shape index (κ2) is 8.60. The molecule has 4 nitrogen and oxygen atoms in total. The van der Waals surface area contributed by atoms with Gasteiger partial charge in [-0.25, -0.2) is 0 Å². The van der Waals surface area contributed by atoms with Crippen molar-refractivity contribution >= 4 is 17.9 Å². The monoisotopic (exact) mass is 256 g/mol. The van der Waals surface area contributed by atoms with E-state index in [2.05, 4.69) is 10.7 Å². The summed E-state index contributed by atoms with van der Waals surface area (Å²) in [5, 5.41) is 7.60. The lowest BCUT2D eigenvalue weighted by molar-refractivity contribution is -0.135. The van der Waals surface area contributed by atoms with Crippen LogP contribution in [-0.2, 0) is 4.79 Å². The maximum Gasteiger partial charge on any atom is 0.317 e. The highest BCUT2D eigenvalue weighted by Crippen LogP contribution is 2.09. The van der Waals surface area contributed by atoms with Crippen LogP contribution in [-0.4, -0.2) is 23.8 Å². The molecule has 0 aliphatic heterocycles. The third kappa shape index (κ3) is 6.75. The molecule has 98 valence electrons. The van der Waals surface area contributed by atoms with E-state index in [1.807, 2.05) is 66.9 Å². The molecule has 0 aliphatic rings. The second-order valence-electron chi connectivity index (χ2n) is 3.60. The van der Waals surface area contributed by atoms with Gasteiger partial charge in [-0.05, 0) is 17.7 Å². The number of carbonyl (C=O) groups is 1. The van der Waals surface area contributed by atoms with Crippen LogP contribution in [0.4, 0.5) is 5.69 Å². The van der Waals surface area contributed by atoms with Crippen LogP contribution in [0.3, 0.4) is 0 Å². The molecule has 2 aromatic rings. The Bertz CT molecular complexity index is 469. The van der Waals surface area contributed by atoms with Crippen molar-refractivity contribution in [1.29, 1.82) is 0 Å². The van der Waals surface area contributed by atoms with Crippen molar-refractivity contribution in [3.05, 3.63) is 66.2 Å². The summed E-state index contributed by atoms with van der Waals surface area (Å²) in [6.45, 7) is -0.278. The van der Waals surface area contributed by atoms with Crippen molar-refractivity contribution in [1.82, 2.24) is 0 Å². The van der Waals surface area contributed by atoms with E-state index in [9.17, 15) is 4.79 Å². The number of aliphatic imine (C=N–C) groups is 1. The number of carboxylic acids is 1. The van der Waals surface area contributed by atoms with Gasteiger partial charge in [0.05, 0.1) is 12.2 Å². The van der Waals surface area contributed by atoms with Gasteiger partial charge in [0, 0.05) is 6.21 Å². The first-order valence-corrected chi connectivity index (χ1v) is 5.78. The largest absolute Gasteiger partial charge is 0.480 e. The minimum absolute atomic E-state index is 0.278. The summed E-state index contributed by atoms with van der Waals surface area (Å²) < 4.78 is 0. The predicted molar refractivity (Wildman–Crippen MR) is 76.8 cm³/mol. The molecule has 2 aromatic carbocycles. The fourth-order valence-electron chi connectivity index (χ4n) is 1.20. The number of hydrogen-bond acceptors (Lipinski definition) is 3. The van der Waals surface area contributed by atoms with E-state index in [1.165, 1.54) is 0 Å². The van der Waals surface area contributed by atoms with Gasteiger partial charge in [-0.3, -0.25) is 9.79 Å². The molecule has 0 atom stereocenters. The zero-order valence-electron chi connectivity index (χ0n) is 10.4. The third-order valence-electron chi connectivity index (χ3n) is 2.09. The van der Waals surface area contributed by atoms with Crippen molar-refractivity contribution < 1.29 is 9.90 Å². The van der Waals surface area contributed by atoms with Crippen LogP contribution < -0.4 is 5.73 Å². The van der Waals surface area contributed by atoms with Crippen molar-refractivity contribution in [3.8, 4) is 0 Å². The van der Waals surface area contributed by atoms with Crippen LogP contribution in [0, 0.1) is 0 Å². The van der Waals surface area contributed by atoms with E-state index in [0.717, 1.165) is 11.3 Å². The Hall–Kier alpha value is -2.46. The van der Waals surface area contributed by atoms with Gasteiger partial charge in [0.1, 0.15) is 0 Å². The molecular weight excluding hydrogens is 240 g/mol. The number of hydrogen-bond donors (Lipinski definition) is 2. The summed E-state index contributed by atoms with van der Waals surface area (Å²) in [7, 11) is 0. The SMILES string of the molecule is C(=Nc1ccccc1)c1ccccc1.NCC(=O)O. The number of rotatable bonds is 3. The molecule has 0 spiro atoms. The van der Waals surface area contributed by atoms with E-state index in [0.29, 0.717) is 0 Å². The van der Waals surface area contributed by atoms with Gasteiger partial charge in [-0.2, -0.15) is 0 Å². The van der Waals surface area contributed by atoms with Gasteiger partial charge < -0.3 is 10.8 Å². The Balaban J connectivity index is 0.000000312. The quantitative estimate of drug-likeness (QED) is 0.828. The zero-order valence-corrected chi connectivity index (χ0v) is 10.4. The average molecular weight is 256 g/mol. The molecule has 4 heteroatoms. The first-order valence-electron chi connectivity index (χ1n) is 5.78. The minimum Gasteiger partial charge on any atom is -0.480 e. The molecular formula is C15H16N2O2. The fourth-order valence-corrected chi connectivity index (χ4v) is 1.20. The van der Waals surface area contributed by atoms with Crippen LogP contribution in [0.25, 0.3) is 0 Å². The van der Waals surface area contributed by atoms with Gasteiger partial charge in [0.25, 0.3) is 0 Å². The van der Waals surface area contributed by atoms with E-state index < -0.39 is 5.97 Å². The standard InChI is InChI=1S/C13H11N.C2H5NO2/c1-3-7-12(8-4-1)11-14-13-9-5-2-6-10-13;3-1-2(4)5/h1-11H;1,3H2,(H,4,5). The smallest absolute Gasteiger partial charge is 0.317 e. The van der Waals surface area contributed by atoms with Crippen molar-refractivity contribution in [2.24, 2.45) is 10.7 Å². The Morgan fingerprint density at radius 1 is 1.05 bits per heavy atom.